The van der Waals surface area contributed by atoms with Gasteiger partial charge in [0.05, 0.1) is 19.6 Å². The number of rotatable bonds is 5. The number of amides is 1. The second kappa shape index (κ2) is 6.37. The van der Waals surface area contributed by atoms with Crippen molar-refractivity contribution in [3.8, 4) is 0 Å². The van der Waals surface area contributed by atoms with E-state index in [4.69, 9.17) is 0 Å². The second-order valence-electron chi connectivity index (χ2n) is 3.89. The predicted molar refractivity (Wildman–Crippen MR) is 62.8 cm³/mol. The van der Waals surface area contributed by atoms with Crippen LogP contribution in [0.2, 0.25) is 0 Å². The maximum atomic E-state index is 12.9. The van der Waals surface area contributed by atoms with Crippen molar-refractivity contribution in [3.63, 3.8) is 0 Å². The Morgan fingerprint density at radius 2 is 1.95 bits per heavy atom. The van der Waals surface area contributed by atoms with Gasteiger partial charge in [0, 0.05) is 4.88 Å². The van der Waals surface area contributed by atoms with Gasteiger partial charge in [-0.25, -0.2) is 0 Å². The highest BCUT2D eigenvalue weighted by atomic mass is 32.1. The molecule has 0 saturated carbocycles. The zero-order valence-corrected chi connectivity index (χ0v) is 11.4. The molecule has 1 aromatic heterocycles. The van der Waals surface area contributed by atoms with E-state index >= 15 is 0 Å². The van der Waals surface area contributed by atoms with Crippen LogP contribution in [-0.2, 0) is 14.3 Å². The maximum Gasteiger partial charge on any atom is 0.463 e. The molecular formula is C11H10F5NO3S. The molecule has 1 rings (SSSR count). The number of thiophene rings is 1. The van der Waals surface area contributed by atoms with Crippen LogP contribution in [0.5, 0.6) is 0 Å². The number of nitrogens with one attached hydrogen (secondary N) is 1. The van der Waals surface area contributed by atoms with Crippen molar-refractivity contribution < 1.29 is 36.3 Å². The molecule has 21 heavy (non-hydrogen) atoms. The number of halogens is 5. The van der Waals surface area contributed by atoms with E-state index in [9.17, 15) is 31.5 Å². The van der Waals surface area contributed by atoms with Gasteiger partial charge in [-0.3, -0.25) is 9.59 Å². The molecule has 1 aromatic rings. The smallest absolute Gasteiger partial charge is 0.463 e. The third-order valence-electron chi connectivity index (χ3n) is 2.43. The van der Waals surface area contributed by atoms with Crippen molar-refractivity contribution in [2.24, 2.45) is 0 Å². The molecule has 0 spiro atoms. The van der Waals surface area contributed by atoms with E-state index in [1.807, 2.05) is 0 Å². The molecule has 1 unspecified atom stereocenters. The third-order valence-corrected chi connectivity index (χ3v) is 3.42. The Morgan fingerprint density at radius 3 is 2.38 bits per heavy atom. The molecule has 0 aromatic carbocycles. The lowest BCUT2D eigenvalue weighted by molar-refractivity contribution is -0.270. The minimum absolute atomic E-state index is 0.256. The van der Waals surface area contributed by atoms with Crippen LogP contribution in [0.4, 0.5) is 22.0 Å². The summed E-state index contributed by atoms with van der Waals surface area (Å²) in [6.07, 6.45) is -6.57. The molecular weight excluding hydrogens is 321 g/mol. The Kier molecular flexibility index (Phi) is 5.26. The Morgan fingerprint density at radius 1 is 1.33 bits per heavy atom. The van der Waals surface area contributed by atoms with Crippen molar-refractivity contribution in [2.45, 2.75) is 24.6 Å². The van der Waals surface area contributed by atoms with E-state index in [2.05, 4.69) is 4.74 Å². The average Bonchev–Trinajstić information content (AvgIpc) is 2.89. The summed E-state index contributed by atoms with van der Waals surface area (Å²) >= 11 is 0.995. The molecule has 0 bridgehead atoms. The quantitative estimate of drug-likeness (QED) is 0.667. The fourth-order valence-electron chi connectivity index (χ4n) is 1.34. The van der Waals surface area contributed by atoms with Gasteiger partial charge in [-0.15, -0.1) is 11.3 Å². The minimum Gasteiger partial charge on any atom is -0.469 e. The Labute approximate surface area is 119 Å². The molecule has 1 amide bonds. The van der Waals surface area contributed by atoms with Gasteiger partial charge in [0.2, 0.25) is 0 Å². The first kappa shape index (κ1) is 17.3. The lowest BCUT2D eigenvalue weighted by Gasteiger charge is -2.22. The summed E-state index contributed by atoms with van der Waals surface area (Å²) in [4.78, 5) is 22.6. The number of carbonyl (C=O) groups is 2. The molecule has 0 saturated heterocycles. The van der Waals surface area contributed by atoms with Gasteiger partial charge in [-0.2, -0.15) is 22.0 Å². The van der Waals surface area contributed by atoms with Crippen molar-refractivity contribution in [1.82, 2.24) is 5.32 Å². The van der Waals surface area contributed by atoms with E-state index in [1.54, 1.807) is 0 Å². The molecule has 1 heterocycles. The fraction of sp³-hybridized carbons (Fsp3) is 0.455. The van der Waals surface area contributed by atoms with Crippen LogP contribution in [0.25, 0.3) is 0 Å². The Balaban J connectivity index is 2.92. The summed E-state index contributed by atoms with van der Waals surface area (Å²) in [5.74, 6) is -8.92. The number of esters is 1. The van der Waals surface area contributed by atoms with E-state index < -0.39 is 36.4 Å². The van der Waals surface area contributed by atoms with E-state index in [1.165, 1.54) is 22.8 Å². The van der Waals surface area contributed by atoms with Gasteiger partial charge in [0.15, 0.2) is 0 Å². The SMILES string of the molecule is COC(=O)CC(NC(=O)C(F)(F)C(F)(F)F)c1cccs1. The standard InChI is InChI=1S/C11H10F5NO3S/c1-20-8(18)5-6(7-3-2-4-21-7)17-9(19)10(12,13)11(14,15)16/h2-4,6H,5H2,1H3,(H,17,19). The first-order valence-electron chi connectivity index (χ1n) is 5.45. The summed E-state index contributed by atoms with van der Waals surface area (Å²) in [5, 5.41) is 3.05. The van der Waals surface area contributed by atoms with Crippen molar-refractivity contribution in [2.75, 3.05) is 7.11 Å². The van der Waals surface area contributed by atoms with Crippen molar-refractivity contribution >= 4 is 23.2 Å². The van der Waals surface area contributed by atoms with Crippen LogP contribution in [0.3, 0.4) is 0 Å². The Hall–Kier alpha value is -1.71. The van der Waals surface area contributed by atoms with Crippen molar-refractivity contribution in [3.05, 3.63) is 22.4 Å². The molecule has 4 nitrogen and oxygen atoms in total. The lowest BCUT2D eigenvalue weighted by Crippen LogP contribution is -2.51. The Bertz CT molecular complexity index is 500. The first-order chi connectivity index (χ1) is 9.59. The zero-order chi connectivity index (χ0) is 16.3. The molecule has 118 valence electrons. The molecule has 10 heteroatoms. The number of hydrogen-bond donors (Lipinski definition) is 1. The van der Waals surface area contributed by atoms with Gasteiger partial charge in [0.1, 0.15) is 0 Å². The first-order valence-corrected chi connectivity index (χ1v) is 6.33. The molecule has 1 atom stereocenters. The van der Waals surface area contributed by atoms with E-state index in [-0.39, 0.29) is 4.88 Å². The van der Waals surface area contributed by atoms with Crippen LogP contribution in [0.1, 0.15) is 17.3 Å². The topological polar surface area (TPSA) is 55.4 Å². The molecule has 0 radical (unpaired) electrons. The molecule has 0 fully saturated rings. The van der Waals surface area contributed by atoms with Crippen LogP contribution in [0, 0.1) is 0 Å². The predicted octanol–water partition coefficient (Wildman–Crippen LogP) is 2.67. The summed E-state index contributed by atoms with van der Waals surface area (Å²) in [5.41, 5.74) is 0. The van der Waals surface area contributed by atoms with Crippen molar-refractivity contribution in [1.29, 1.82) is 0 Å². The lowest BCUT2D eigenvalue weighted by atomic mass is 10.1. The van der Waals surface area contributed by atoms with E-state index in [0.29, 0.717) is 0 Å². The minimum atomic E-state index is -6.01. The van der Waals surface area contributed by atoms with Gasteiger partial charge < -0.3 is 10.1 Å². The third kappa shape index (κ3) is 4.13. The maximum absolute atomic E-state index is 12.9. The largest absolute Gasteiger partial charge is 0.469 e. The number of methoxy groups -OCH3 is 1. The van der Waals surface area contributed by atoms with Gasteiger partial charge in [0.25, 0.3) is 0 Å². The summed E-state index contributed by atoms with van der Waals surface area (Å²) in [7, 11) is 1.03. The average molecular weight is 331 g/mol. The van der Waals surface area contributed by atoms with Crippen LogP contribution in [0.15, 0.2) is 17.5 Å². The van der Waals surface area contributed by atoms with Crippen LogP contribution >= 0.6 is 11.3 Å². The summed E-state index contributed by atoms with van der Waals surface area (Å²) in [6.45, 7) is 0. The summed E-state index contributed by atoms with van der Waals surface area (Å²) in [6, 6.07) is 1.57. The number of carbonyl (C=O) groups excluding carboxylic acids is 2. The molecule has 1 N–H and O–H groups in total. The fourth-order valence-corrected chi connectivity index (χ4v) is 2.12. The van der Waals surface area contributed by atoms with Gasteiger partial charge in [-0.1, -0.05) is 6.07 Å². The molecule has 0 aliphatic rings. The molecule has 0 aliphatic carbocycles. The molecule has 0 aliphatic heterocycles. The van der Waals surface area contributed by atoms with Gasteiger partial charge in [-0.05, 0) is 11.4 Å². The summed E-state index contributed by atoms with van der Waals surface area (Å²) < 4.78 is 66.4. The zero-order valence-electron chi connectivity index (χ0n) is 10.5. The number of ether oxygens (including phenoxy) is 1. The van der Waals surface area contributed by atoms with E-state index in [0.717, 1.165) is 18.4 Å². The monoisotopic (exact) mass is 331 g/mol. The highest BCUT2D eigenvalue weighted by Gasteiger charge is 2.63. The van der Waals surface area contributed by atoms with Crippen LogP contribution < -0.4 is 5.32 Å². The normalized spacial score (nSPS) is 13.6. The highest BCUT2D eigenvalue weighted by Crippen LogP contribution is 2.36. The second-order valence-corrected chi connectivity index (χ2v) is 4.87. The van der Waals surface area contributed by atoms with Gasteiger partial charge >= 0.3 is 24.0 Å². The highest BCUT2D eigenvalue weighted by molar-refractivity contribution is 7.10. The number of hydrogen-bond acceptors (Lipinski definition) is 4. The number of alkyl halides is 5. The van der Waals surface area contributed by atoms with Crippen LogP contribution in [-0.4, -0.2) is 31.1 Å².